The fourth-order valence-corrected chi connectivity index (χ4v) is 13.8. The van der Waals surface area contributed by atoms with E-state index in [1.54, 1.807) is 26.0 Å². The van der Waals surface area contributed by atoms with Crippen LogP contribution in [-0.2, 0) is 81.3 Å². The number of nitrogens with one attached hydrogen (secondary N) is 3. The Bertz CT molecular complexity index is 3370. The molecular formula is C74H113ClF3N13O13. The number of hydrogen-bond donors (Lipinski definition) is 3. The summed E-state index contributed by atoms with van der Waals surface area (Å²) in [5.74, 6) is -9.93. The highest BCUT2D eigenvalue weighted by Gasteiger charge is 2.50. The van der Waals surface area contributed by atoms with Crippen molar-refractivity contribution in [1.29, 1.82) is 0 Å². The molecule has 26 nitrogen and oxygen atoms in total. The summed E-state index contributed by atoms with van der Waals surface area (Å²) in [6.45, 7) is 13.1. The van der Waals surface area contributed by atoms with Crippen LogP contribution < -0.4 is 16.0 Å². The smallest absolute Gasteiger partial charge is 0.378 e. The van der Waals surface area contributed by atoms with Gasteiger partial charge in [-0.2, -0.15) is 13.2 Å². The fourth-order valence-electron chi connectivity index (χ4n) is 13.4. The van der Waals surface area contributed by atoms with E-state index >= 15 is 19.2 Å². The molecule has 2 heterocycles. The van der Waals surface area contributed by atoms with Crippen molar-refractivity contribution in [1.82, 2.24) is 64.9 Å². The van der Waals surface area contributed by atoms with Crippen molar-refractivity contribution in [3.63, 3.8) is 0 Å². The van der Waals surface area contributed by atoms with Crippen LogP contribution in [0.5, 0.6) is 0 Å². The molecule has 0 aromatic heterocycles. The molecule has 0 radical (unpaired) electrons. The lowest BCUT2D eigenvalue weighted by Gasteiger charge is -2.45. The number of ether oxygens (including phenoxy) is 1. The Morgan fingerprint density at radius 3 is 1.87 bits per heavy atom. The third-order valence-corrected chi connectivity index (χ3v) is 21.1. The second-order valence-electron chi connectivity index (χ2n) is 29.5. The van der Waals surface area contributed by atoms with Crippen LogP contribution in [0.25, 0.3) is 0 Å². The lowest BCUT2D eigenvalue weighted by Crippen LogP contribution is -2.65. The number of rotatable bonds is 18. The molecular weight excluding hydrogens is 1370 g/mol. The molecule has 10 atom stereocenters. The van der Waals surface area contributed by atoms with Crippen LogP contribution in [0.4, 0.5) is 13.2 Å². The van der Waals surface area contributed by atoms with E-state index in [0.29, 0.717) is 37.8 Å². The molecule has 1 aliphatic carbocycles. The van der Waals surface area contributed by atoms with Gasteiger partial charge in [-0.05, 0) is 107 Å². The Hall–Kier alpha value is -7.92. The van der Waals surface area contributed by atoms with Crippen molar-refractivity contribution in [3.05, 3.63) is 69.7 Å². The van der Waals surface area contributed by atoms with Crippen LogP contribution >= 0.6 is 11.6 Å². The Morgan fingerprint density at radius 2 is 1.32 bits per heavy atom. The summed E-state index contributed by atoms with van der Waals surface area (Å²) >= 11 is 6.18. The average Bonchev–Trinajstić information content (AvgIpc) is 1.23. The molecule has 3 fully saturated rings. The fraction of sp³-hybridized carbons (Fsp3) is 0.676. The summed E-state index contributed by atoms with van der Waals surface area (Å²) in [6, 6.07) is -0.129. The van der Waals surface area contributed by atoms with E-state index in [4.69, 9.17) is 16.3 Å². The Kier molecular flexibility index (Phi) is 32.0. The third kappa shape index (κ3) is 22.3. The molecule has 5 rings (SSSR count). The molecule has 1 spiro atoms. The Labute approximate surface area is 616 Å². The van der Waals surface area contributed by atoms with Crippen LogP contribution in [0.1, 0.15) is 135 Å². The zero-order chi connectivity index (χ0) is 78.2. The van der Waals surface area contributed by atoms with Gasteiger partial charge in [-0.25, -0.2) is 0 Å². The van der Waals surface area contributed by atoms with Gasteiger partial charge in [0.2, 0.25) is 70.9 Å². The summed E-state index contributed by atoms with van der Waals surface area (Å²) in [7, 11) is 14.9. The molecule has 0 bridgehead atoms. The van der Waals surface area contributed by atoms with Gasteiger partial charge in [0, 0.05) is 82.4 Å². The van der Waals surface area contributed by atoms with Gasteiger partial charge in [-0.15, -0.1) is 0 Å². The van der Waals surface area contributed by atoms with Crippen LogP contribution in [0, 0.1) is 24.7 Å². The first-order valence-electron chi connectivity index (χ1n) is 36.1. The van der Waals surface area contributed by atoms with E-state index in [-0.39, 0.29) is 82.7 Å². The number of benzene rings is 2. The van der Waals surface area contributed by atoms with Crippen molar-refractivity contribution >= 4 is 82.5 Å². The molecule has 3 N–H and O–H groups in total. The first-order valence-corrected chi connectivity index (χ1v) is 36.4. The van der Waals surface area contributed by atoms with Crippen LogP contribution in [0.2, 0.25) is 5.02 Å². The maximum atomic E-state index is 15.5. The number of hydrogen-bond acceptors (Lipinski definition) is 14. The van der Waals surface area contributed by atoms with Crippen molar-refractivity contribution < 1.29 is 75.4 Å². The summed E-state index contributed by atoms with van der Waals surface area (Å²) in [6.07, 6.45) is -3.82. The van der Waals surface area contributed by atoms with Crippen molar-refractivity contribution in [2.24, 2.45) is 17.8 Å². The monoisotopic (exact) mass is 1480 g/mol. The standard InChI is InChI=1S/C74H113ClF3N13O13/c1-19-47(6)62-70(101)85(14)49(8)65(96)91-34-31-55(91)69(100)87(16)57(41-51-25-23-46(5)24-26-51)68(99)84(13)43-59(92)79-54(30-28-50-27-29-52(53(75)40-50)74(76,77)78)66(97)90(36-38-104-37-35-82(9)10)44-60(93)81-73(32-21-22-33-73)72(103)89(18)63(48(7)20-2)71(102)88(17)58(67(98)83(11)12)42-61(94)86(15)56(39-45(3)4)64(95)80-62/h23-27,29,40,45,47-49,54-58,62-63H,19-22,28,30-39,41-44H2,1-18H3,(H,79,92)(H,80,95)(H,81,93)/t47-,48-,49-,54?,55?,56-,57-,58-,62-,63-/m0/s1. The second kappa shape index (κ2) is 38.4. The van der Waals surface area contributed by atoms with Crippen molar-refractivity contribution in [2.75, 3.05) is 116 Å². The molecule has 30 heteroatoms. The largest absolute Gasteiger partial charge is 0.417 e. The zero-order valence-corrected chi connectivity index (χ0v) is 64.9. The highest BCUT2D eigenvalue weighted by Crippen LogP contribution is 2.37. The summed E-state index contributed by atoms with van der Waals surface area (Å²) in [5, 5.41) is 7.95. The maximum Gasteiger partial charge on any atom is 0.417 e. The van der Waals surface area contributed by atoms with E-state index in [2.05, 4.69) is 16.0 Å². The maximum absolute atomic E-state index is 15.5. The Balaban J connectivity index is 1.68. The molecule has 2 aromatic carbocycles. The van der Waals surface area contributed by atoms with E-state index < -0.39 is 173 Å². The summed E-state index contributed by atoms with van der Waals surface area (Å²) < 4.78 is 47.8. The van der Waals surface area contributed by atoms with Gasteiger partial charge in [-0.3, -0.25) is 57.5 Å². The number of amides is 12. The lowest BCUT2D eigenvalue weighted by atomic mass is 9.90. The van der Waals surface area contributed by atoms with Gasteiger partial charge < -0.3 is 69.7 Å². The average molecular weight is 1490 g/mol. The van der Waals surface area contributed by atoms with E-state index in [1.165, 1.54) is 98.8 Å². The third-order valence-electron chi connectivity index (χ3n) is 20.8. The first-order chi connectivity index (χ1) is 48.6. The zero-order valence-electron chi connectivity index (χ0n) is 64.1. The van der Waals surface area contributed by atoms with Crippen molar-refractivity contribution in [3.8, 4) is 0 Å². The van der Waals surface area contributed by atoms with Crippen LogP contribution in [-0.4, -0.2) is 290 Å². The van der Waals surface area contributed by atoms with E-state index in [9.17, 15) is 51.5 Å². The minimum Gasteiger partial charge on any atom is -0.378 e. The minimum absolute atomic E-state index is 0.0650. The molecule has 1 saturated carbocycles. The quantitative estimate of drug-likeness (QED) is 0.174. The number of nitrogens with zero attached hydrogens (tertiary/aromatic N) is 10. The second-order valence-corrected chi connectivity index (χ2v) is 29.9. The number of alkyl halides is 3. The van der Waals surface area contributed by atoms with Gasteiger partial charge >= 0.3 is 6.18 Å². The topological polar surface area (TPSA) is 283 Å². The lowest BCUT2D eigenvalue weighted by molar-refractivity contribution is -0.160. The highest BCUT2D eigenvalue weighted by molar-refractivity contribution is 6.31. The number of carbonyl (C=O) groups is 12. The summed E-state index contributed by atoms with van der Waals surface area (Å²) in [5.41, 5.74) is -0.967. The van der Waals surface area contributed by atoms with Crippen LogP contribution in [0.3, 0.4) is 0 Å². The molecule has 12 amide bonds. The first kappa shape index (κ1) is 86.7. The number of halogens is 4. The van der Waals surface area contributed by atoms with Gasteiger partial charge in [0.05, 0.1) is 43.3 Å². The molecule has 3 aliphatic rings. The SMILES string of the molecule is CC[C@H](C)[C@@H]1NC(=O)[C@H](CC(C)C)N(C)C(=O)C[C@@H](C(=O)N(C)C)N(C)C(=O)[C@H]([C@@H](C)CC)N(C)C(=O)C2(CCCC2)NC(=O)CN(CCOCCN(C)C)C(=O)C(CCc2ccc(C(F)(F)F)c(Cl)c2)NC(=O)CN(C)C(=O)[C@H](Cc2ccc(C)cc2)N(C)C(=O)C2CCN2C(=O)[C@H](C)N(C)C1=O. The molecule has 104 heavy (non-hydrogen) atoms. The Morgan fingerprint density at radius 1 is 0.702 bits per heavy atom. The predicted octanol–water partition coefficient (Wildman–Crippen LogP) is 4.49. The van der Waals surface area contributed by atoms with E-state index in [1.807, 2.05) is 65.7 Å². The highest BCUT2D eigenvalue weighted by atomic mass is 35.5. The van der Waals surface area contributed by atoms with Crippen LogP contribution in [0.15, 0.2) is 42.5 Å². The molecule has 2 unspecified atom stereocenters. The number of carbonyl (C=O) groups excluding carboxylic acids is 12. The molecule has 2 aromatic rings. The number of aryl methyl sites for hydroxylation is 2. The normalized spacial score (nSPS) is 24.2. The van der Waals surface area contributed by atoms with Gasteiger partial charge in [0.1, 0.15) is 53.9 Å². The number of fused-ring (bicyclic) bond motifs is 1. The number of likely N-dealkylation sites (N-methyl/N-ethyl adjacent to an activating group) is 8. The molecule has 2 aliphatic heterocycles. The molecule has 580 valence electrons. The van der Waals surface area contributed by atoms with Crippen molar-refractivity contribution in [2.45, 2.75) is 192 Å². The predicted molar refractivity (Wildman–Crippen MR) is 387 cm³/mol. The van der Waals surface area contributed by atoms with Gasteiger partial charge in [0.25, 0.3) is 0 Å². The minimum atomic E-state index is -4.79. The summed E-state index contributed by atoms with van der Waals surface area (Å²) in [4.78, 5) is 192. The molecule has 2 saturated heterocycles. The van der Waals surface area contributed by atoms with Gasteiger partial charge in [-0.1, -0.05) is 115 Å². The van der Waals surface area contributed by atoms with Gasteiger partial charge in [0.15, 0.2) is 0 Å². The van der Waals surface area contributed by atoms with E-state index in [0.717, 1.165) is 32.4 Å².